The van der Waals surface area contributed by atoms with Crippen LogP contribution in [-0.4, -0.2) is 15.8 Å². The van der Waals surface area contributed by atoms with Gasteiger partial charge >= 0.3 is 0 Å². The molecule has 84 valence electrons. The lowest BCUT2D eigenvalue weighted by atomic mass is 10.1. The Morgan fingerprint density at radius 3 is 2.75 bits per heavy atom. The van der Waals surface area contributed by atoms with Gasteiger partial charge in [0.2, 0.25) is 0 Å². The van der Waals surface area contributed by atoms with E-state index < -0.39 is 11.6 Å². The van der Waals surface area contributed by atoms with Gasteiger partial charge < -0.3 is 5.32 Å². The Morgan fingerprint density at radius 1 is 1.31 bits per heavy atom. The van der Waals surface area contributed by atoms with Gasteiger partial charge in [-0.05, 0) is 28.1 Å². The summed E-state index contributed by atoms with van der Waals surface area (Å²) in [5.74, 6) is -0.977. The zero-order chi connectivity index (χ0) is 11.7. The van der Waals surface area contributed by atoms with Gasteiger partial charge in [0.25, 0.3) is 0 Å². The van der Waals surface area contributed by atoms with Crippen LogP contribution in [0.15, 0.2) is 16.6 Å². The Labute approximate surface area is 103 Å². The van der Waals surface area contributed by atoms with Crippen LogP contribution >= 0.6 is 27.7 Å². The summed E-state index contributed by atoms with van der Waals surface area (Å²) in [6.07, 6.45) is 0. The molecule has 0 spiro atoms. The van der Waals surface area contributed by atoms with Gasteiger partial charge in [-0.3, -0.25) is 0 Å². The van der Waals surface area contributed by atoms with Crippen molar-refractivity contribution in [2.75, 3.05) is 12.4 Å². The molecule has 1 aromatic carbocycles. The number of benzene rings is 1. The third-order valence-corrected chi connectivity index (χ3v) is 3.15. The predicted octanol–water partition coefficient (Wildman–Crippen LogP) is 3.29. The van der Waals surface area contributed by atoms with E-state index in [1.54, 1.807) is 7.05 Å². The van der Waals surface area contributed by atoms with Crippen LogP contribution in [0, 0.1) is 11.6 Å². The second kappa shape index (κ2) is 4.42. The molecule has 0 saturated carbocycles. The maximum atomic E-state index is 13.8. The van der Waals surface area contributed by atoms with Crippen molar-refractivity contribution in [3.63, 3.8) is 0 Å². The molecule has 0 atom stereocenters. The Morgan fingerprint density at radius 2 is 2.06 bits per heavy atom. The van der Waals surface area contributed by atoms with E-state index in [4.69, 9.17) is 0 Å². The summed E-state index contributed by atoms with van der Waals surface area (Å²) in [6.45, 7) is 0. The molecule has 0 aliphatic rings. The summed E-state index contributed by atoms with van der Waals surface area (Å²) in [5, 5.41) is 2.74. The Kier molecular flexibility index (Phi) is 3.15. The van der Waals surface area contributed by atoms with Crippen LogP contribution in [-0.2, 0) is 0 Å². The van der Waals surface area contributed by atoms with E-state index >= 15 is 0 Å². The molecule has 7 heteroatoms. The van der Waals surface area contributed by atoms with Crippen LogP contribution in [0.25, 0.3) is 11.3 Å². The molecule has 1 N–H and O–H groups in total. The van der Waals surface area contributed by atoms with Crippen molar-refractivity contribution in [1.29, 1.82) is 0 Å². The van der Waals surface area contributed by atoms with Gasteiger partial charge in [0, 0.05) is 7.05 Å². The quantitative estimate of drug-likeness (QED) is 0.865. The van der Waals surface area contributed by atoms with E-state index in [-0.39, 0.29) is 15.7 Å². The van der Waals surface area contributed by atoms with Crippen molar-refractivity contribution < 1.29 is 8.78 Å². The molecule has 0 bridgehead atoms. The molecule has 1 aromatic heterocycles. The van der Waals surface area contributed by atoms with Crippen LogP contribution in [0.1, 0.15) is 0 Å². The molecule has 0 fully saturated rings. The molecular formula is C9H6BrF2N3S. The molecule has 0 radical (unpaired) electrons. The summed E-state index contributed by atoms with van der Waals surface area (Å²) < 4.78 is 35.3. The van der Waals surface area contributed by atoms with Gasteiger partial charge in [0.05, 0.1) is 21.8 Å². The fraction of sp³-hybridized carbons (Fsp3) is 0.111. The minimum absolute atomic E-state index is 0.174. The van der Waals surface area contributed by atoms with Crippen LogP contribution in [0.5, 0.6) is 0 Å². The Bertz CT molecular complexity index is 529. The number of halogens is 3. The molecular weight excluding hydrogens is 300 g/mol. The van der Waals surface area contributed by atoms with E-state index in [0.717, 1.165) is 11.7 Å². The fourth-order valence-electron chi connectivity index (χ4n) is 1.26. The summed E-state index contributed by atoms with van der Waals surface area (Å²) in [5.41, 5.74) is 0.0104. The molecule has 1 heterocycles. The molecule has 0 aliphatic carbocycles. The minimum atomic E-state index is -0.677. The number of hydrogen-bond donors (Lipinski definition) is 1. The van der Waals surface area contributed by atoms with E-state index in [9.17, 15) is 8.78 Å². The molecule has 2 aromatic rings. The van der Waals surface area contributed by atoms with Crippen LogP contribution < -0.4 is 5.32 Å². The van der Waals surface area contributed by atoms with Crippen LogP contribution in [0.2, 0.25) is 0 Å². The Balaban J connectivity index is 2.68. The molecule has 16 heavy (non-hydrogen) atoms. The highest BCUT2D eigenvalue weighted by Crippen LogP contribution is 2.33. The molecule has 0 saturated heterocycles. The van der Waals surface area contributed by atoms with Gasteiger partial charge in [-0.15, -0.1) is 0 Å². The number of nitrogens with one attached hydrogen (secondary N) is 1. The molecule has 3 nitrogen and oxygen atoms in total. The lowest BCUT2D eigenvalue weighted by Gasteiger charge is -2.05. The van der Waals surface area contributed by atoms with Crippen molar-refractivity contribution >= 4 is 33.5 Å². The second-order valence-electron chi connectivity index (χ2n) is 2.93. The monoisotopic (exact) mass is 305 g/mol. The number of anilines is 1. The average Bonchev–Trinajstić information content (AvgIpc) is 2.72. The van der Waals surface area contributed by atoms with Crippen LogP contribution in [0.4, 0.5) is 14.6 Å². The van der Waals surface area contributed by atoms with Gasteiger partial charge in [-0.1, -0.05) is 0 Å². The highest BCUT2D eigenvalue weighted by atomic mass is 79.9. The summed E-state index contributed by atoms with van der Waals surface area (Å²) in [7, 11) is 1.62. The first-order chi connectivity index (χ1) is 7.65. The van der Waals surface area contributed by atoms with Crippen molar-refractivity contribution in [1.82, 2.24) is 8.75 Å². The third kappa shape index (κ3) is 1.80. The first-order valence-electron chi connectivity index (χ1n) is 4.29. The zero-order valence-electron chi connectivity index (χ0n) is 8.09. The highest BCUT2D eigenvalue weighted by molar-refractivity contribution is 9.10. The number of aromatic nitrogens is 2. The van der Waals surface area contributed by atoms with Crippen molar-refractivity contribution in [3.8, 4) is 11.3 Å². The zero-order valence-corrected chi connectivity index (χ0v) is 10.5. The van der Waals surface area contributed by atoms with Gasteiger partial charge in [0.1, 0.15) is 17.3 Å². The fourth-order valence-corrected chi connectivity index (χ4v) is 2.15. The van der Waals surface area contributed by atoms with Gasteiger partial charge in [-0.2, -0.15) is 8.75 Å². The average molecular weight is 306 g/mol. The van der Waals surface area contributed by atoms with Crippen molar-refractivity contribution in [2.24, 2.45) is 0 Å². The van der Waals surface area contributed by atoms with Crippen molar-refractivity contribution in [2.45, 2.75) is 0 Å². The Hall–Kier alpha value is -1.08. The number of rotatable bonds is 2. The normalized spacial score (nSPS) is 10.5. The summed E-state index contributed by atoms with van der Waals surface area (Å²) >= 11 is 3.90. The number of hydrogen-bond acceptors (Lipinski definition) is 4. The lowest BCUT2D eigenvalue weighted by Crippen LogP contribution is -1.96. The standard InChI is InChI=1S/C9H6BrF2N3S/c1-13-9-8(14-16-15-9)6-5(11)3-2-4(10)7(6)12/h2-3H,1H3,(H,13,15). The van der Waals surface area contributed by atoms with Crippen LogP contribution in [0.3, 0.4) is 0 Å². The second-order valence-corrected chi connectivity index (χ2v) is 4.31. The van der Waals surface area contributed by atoms with Crippen molar-refractivity contribution in [3.05, 3.63) is 28.2 Å². The summed E-state index contributed by atoms with van der Waals surface area (Å²) in [4.78, 5) is 0. The maximum Gasteiger partial charge on any atom is 0.168 e. The first kappa shape index (κ1) is 11.4. The summed E-state index contributed by atoms with van der Waals surface area (Å²) in [6, 6.07) is 2.49. The highest BCUT2D eigenvalue weighted by Gasteiger charge is 2.20. The predicted molar refractivity (Wildman–Crippen MR) is 62.5 cm³/mol. The van der Waals surface area contributed by atoms with Gasteiger partial charge in [-0.25, -0.2) is 8.78 Å². The lowest BCUT2D eigenvalue weighted by molar-refractivity contribution is 0.585. The molecule has 2 rings (SSSR count). The van der Waals surface area contributed by atoms with E-state index in [0.29, 0.717) is 5.82 Å². The largest absolute Gasteiger partial charge is 0.370 e. The topological polar surface area (TPSA) is 37.8 Å². The minimum Gasteiger partial charge on any atom is -0.370 e. The maximum absolute atomic E-state index is 13.8. The smallest absolute Gasteiger partial charge is 0.168 e. The van der Waals surface area contributed by atoms with Gasteiger partial charge in [0.15, 0.2) is 5.82 Å². The molecule has 0 unspecified atom stereocenters. The van der Waals surface area contributed by atoms with E-state index in [2.05, 4.69) is 30.0 Å². The third-order valence-electron chi connectivity index (χ3n) is 2.01. The SMILES string of the molecule is CNc1nsnc1-c1c(F)ccc(Br)c1F. The van der Waals surface area contributed by atoms with E-state index in [1.165, 1.54) is 12.1 Å². The molecule has 0 aliphatic heterocycles. The molecule has 0 amide bonds. The first-order valence-corrected chi connectivity index (χ1v) is 5.81. The number of nitrogens with zero attached hydrogens (tertiary/aromatic N) is 2. The van der Waals surface area contributed by atoms with E-state index in [1.807, 2.05) is 0 Å².